The number of ketones is 2. The first kappa shape index (κ1) is 20.1. The number of carbonyl (C=O) groups is 3. The minimum absolute atomic E-state index is 0.0156. The number of Topliss-reactive ketones (excluding diaryl/α,β-unsaturated/α-hetero) is 1. The van der Waals surface area contributed by atoms with Gasteiger partial charge in [-0.2, -0.15) is 0 Å². The molecule has 28 heavy (non-hydrogen) atoms. The molecule has 0 aliphatic heterocycles. The van der Waals surface area contributed by atoms with Crippen LogP contribution < -0.4 is 0 Å². The first-order valence-electron chi connectivity index (χ1n) is 10.4. The molecule has 4 aliphatic rings. The molecule has 1 N–H and O–H groups in total. The summed E-state index contributed by atoms with van der Waals surface area (Å²) in [6, 6.07) is 0. The summed E-state index contributed by atoms with van der Waals surface area (Å²) >= 11 is 5.91. The predicted molar refractivity (Wildman–Crippen MR) is 104 cm³/mol. The molecule has 3 fully saturated rings. The van der Waals surface area contributed by atoms with E-state index in [0.717, 1.165) is 24.8 Å². The summed E-state index contributed by atoms with van der Waals surface area (Å²) in [4.78, 5) is 36.1. The lowest BCUT2D eigenvalue weighted by Crippen LogP contribution is -2.66. The van der Waals surface area contributed by atoms with Gasteiger partial charge in [-0.25, -0.2) is 0 Å². The Labute approximate surface area is 170 Å². The third kappa shape index (κ3) is 2.26. The van der Waals surface area contributed by atoms with E-state index in [9.17, 15) is 19.5 Å². The number of aliphatic hydroxyl groups is 1. The van der Waals surface area contributed by atoms with E-state index in [1.165, 1.54) is 0 Å². The van der Waals surface area contributed by atoms with E-state index < -0.39 is 22.0 Å². The zero-order valence-corrected chi connectivity index (χ0v) is 17.4. The van der Waals surface area contributed by atoms with Gasteiger partial charge in [0.05, 0.1) is 11.5 Å². The zero-order chi connectivity index (χ0) is 20.4. The van der Waals surface area contributed by atoms with E-state index in [2.05, 4.69) is 6.92 Å². The molecule has 0 bridgehead atoms. The molecule has 0 aromatic heterocycles. The Morgan fingerprint density at radius 3 is 2.64 bits per heavy atom. The summed E-state index contributed by atoms with van der Waals surface area (Å²) in [6.07, 6.45) is 6.81. The van der Waals surface area contributed by atoms with Gasteiger partial charge in [0.15, 0.2) is 17.2 Å². The van der Waals surface area contributed by atoms with Crippen molar-refractivity contribution in [2.75, 3.05) is 5.88 Å². The third-order valence-electron chi connectivity index (χ3n) is 9.09. The van der Waals surface area contributed by atoms with Crippen molar-refractivity contribution in [1.82, 2.24) is 0 Å². The number of hydrogen-bond acceptors (Lipinski definition) is 5. The molecular weight excluding hydrogens is 380 g/mol. The lowest BCUT2D eigenvalue weighted by molar-refractivity contribution is -0.214. The minimum atomic E-state index is -1.19. The average Bonchev–Trinajstić information content (AvgIpc) is 2.96. The molecule has 0 saturated heterocycles. The van der Waals surface area contributed by atoms with Gasteiger partial charge in [-0.05, 0) is 62.9 Å². The van der Waals surface area contributed by atoms with Crippen LogP contribution in [0.5, 0.6) is 0 Å². The van der Waals surface area contributed by atoms with E-state index in [1.807, 2.05) is 6.92 Å². The van der Waals surface area contributed by atoms with Crippen LogP contribution in [-0.4, -0.2) is 40.2 Å². The smallest absolute Gasteiger partial charge is 0.294 e. The molecule has 0 unspecified atom stereocenters. The van der Waals surface area contributed by atoms with Crippen LogP contribution in [0.4, 0.5) is 0 Å². The lowest BCUT2D eigenvalue weighted by Gasteiger charge is -2.63. The maximum Gasteiger partial charge on any atom is 0.294 e. The number of carbonyl (C=O) groups excluding carboxylic acids is 3. The second-order valence-corrected chi connectivity index (χ2v) is 9.97. The van der Waals surface area contributed by atoms with Gasteiger partial charge in [-0.15, -0.1) is 11.6 Å². The van der Waals surface area contributed by atoms with Crippen LogP contribution in [0.25, 0.3) is 0 Å². The molecule has 0 amide bonds. The Hall–Kier alpha value is -1.20. The van der Waals surface area contributed by atoms with Crippen molar-refractivity contribution in [3.8, 4) is 0 Å². The number of alkyl halides is 1. The third-order valence-corrected chi connectivity index (χ3v) is 9.33. The van der Waals surface area contributed by atoms with Crippen molar-refractivity contribution in [2.45, 2.75) is 76.4 Å². The van der Waals surface area contributed by atoms with E-state index in [-0.39, 0.29) is 29.3 Å². The SMILES string of the molecule is C[C@]12CCC(=O)C=C1CC[C@H]1[C@@H]3CC[C@](OC=O)(C(=O)CCl)[C@@]3(C)CC[C@@]12O. The van der Waals surface area contributed by atoms with Crippen LogP contribution in [-0.2, 0) is 19.1 Å². The topological polar surface area (TPSA) is 80.7 Å². The van der Waals surface area contributed by atoms with Crippen molar-refractivity contribution in [3.63, 3.8) is 0 Å². The number of fused-ring (bicyclic) bond motifs is 5. The van der Waals surface area contributed by atoms with Crippen molar-refractivity contribution in [1.29, 1.82) is 0 Å². The average molecular weight is 409 g/mol. The Kier molecular flexibility index (Phi) is 4.59. The fraction of sp³-hybridized carbons (Fsp3) is 0.773. The zero-order valence-electron chi connectivity index (χ0n) is 16.6. The summed E-state index contributed by atoms with van der Waals surface area (Å²) in [6.45, 7) is 4.53. The van der Waals surface area contributed by atoms with E-state index in [4.69, 9.17) is 16.3 Å². The molecule has 5 nitrogen and oxygen atoms in total. The molecule has 0 spiro atoms. The Morgan fingerprint density at radius 2 is 1.96 bits per heavy atom. The molecule has 4 aliphatic carbocycles. The van der Waals surface area contributed by atoms with Crippen LogP contribution >= 0.6 is 11.6 Å². The van der Waals surface area contributed by atoms with Gasteiger partial charge in [0.2, 0.25) is 0 Å². The minimum Gasteiger partial charge on any atom is -0.453 e. The van der Waals surface area contributed by atoms with E-state index >= 15 is 0 Å². The monoisotopic (exact) mass is 408 g/mol. The molecule has 0 radical (unpaired) electrons. The van der Waals surface area contributed by atoms with Crippen molar-refractivity contribution >= 4 is 29.6 Å². The highest BCUT2D eigenvalue weighted by atomic mass is 35.5. The van der Waals surface area contributed by atoms with Crippen LogP contribution in [0.1, 0.15) is 65.2 Å². The lowest BCUT2D eigenvalue weighted by atomic mass is 9.44. The summed E-state index contributed by atoms with van der Waals surface area (Å²) in [7, 11) is 0. The van der Waals surface area contributed by atoms with E-state index in [1.54, 1.807) is 6.08 Å². The second-order valence-electron chi connectivity index (χ2n) is 9.70. The maximum atomic E-state index is 12.8. The number of hydrogen-bond donors (Lipinski definition) is 1. The van der Waals surface area contributed by atoms with Gasteiger partial charge in [0.25, 0.3) is 6.47 Å². The maximum absolute atomic E-state index is 12.8. The first-order valence-corrected chi connectivity index (χ1v) is 10.9. The summed E-state index contributed by atoms with van der Waals surface area (Å²) < 4.78 is 5.52. The summed E-state index contributed by atoms with van der Waals surface area (Å²) in [5.41, 5.74) is -1.95. The normalized spacial score (nSPS) is 47.4. The van der Waals surface area contributed by atoms with Crippen LogP contribution in [0.15, 0.2) is 11.6 Å². The molecule has 4 rings (SSSR count). The van der Waals surface area contributed by atoms with Crippen LogP contribution in [0.3, 0.4) is 0 Å². The second kappa shape index (κ2) is 6.40. The quantitative estimate of drug-likeness (QED) is 0.569. The van der Waals surface area contributed by atoms with Gasteiger partial charge in [0, 0.05) is 17.3 Å². The van der Waals surface area contributed by atoms with Gasteiger partial charge < -0.3 is 9.84 Å². The molecule has 0 aromatic rings. The molecule has 0 heterocycles. The standard InChI is InChI=1S/C22H29ClO5/c1-19-7-5-15(25)11-14(19)3-4-17-16-6-8-22(28-13-24,18(26)12-23)20(16,2)9-10-21(17,19)27/h11,13,16-17,27H,3-10,12H2,1-2H3/t16-,17-,19-,20-,21+,22-/m0/s1. The highest BCUT2D eigenvalue weighted by Gasteiger charge is 2.71. The number of rotatable bonds is 4. The van der Waals surface area contributed by atoms with Crippen molar-refractivity contribution in [2.24, 2.45) is 22.7 Å². The number of ether oxygens (including phenoxy) is 1. The highest BCUT2D eigenvalue weighted by molar-refractivity contribution is 6.29. The molecule has 154 valence electrons. The summed E-state index contributed by atoms with van der Waals surface area (Å²) in [5.74, 6) is -0.168. The first-order chi connectivity index (χ1) is 13.2. The molecule has 6 atom stereocenters. The van der Waals surface area contributed by atoms with E-state index in [0.29, 0.717) is 38.6 Å². The van der Waals surface area contributed by atoms with Gasteiger partial charge in [0.1, 0.15) is 0 Å². The largest absolute Gasteiger partial charge is 0.453 e. The van der Waals surface area contributed by atoms with Gasteiger partial charge >= 0.3 is 0 Å². The fourth-order valence-electron chi connectivity index (χ4n) is 7.41. The number of halogens is 1. The molecule has 6 heteroatoms. The Morgan fingerprint density at radius 1 is 1.21 bits per heavy atom. The van der Waals surface area contributed by atoms with Gasteiger partial charge in [-0.3, -0.25) is 14.4 Å². The Bertz CT molecular complexity index is 762. The van der Waals surface area contributed by atoms with Crippen LogP contribution in [0, 0.1) is 22.7 Å². The highest BCUT2D eigenvalue weighted by Crippen LogP contribution is 2.69. The molecule has 3 saturated carbocycles. The van der Waals surface area contributed by atoms with Gasteiger partial charge in [-0.1, -0.05) is 19.4 Å². The summed E-state index contributed by atoms with van der Waals surface area (Å²) in [5, 5.41) is 12.0. The fourth-order valence-corrected chi connectivity index (χ4v) is 7.62. The predicted octanol–water partition coefficient (Wildman–Crippen LogP) is 3.35. The molecule has 0 aromatic carbocycles. The Balaban J connectivity index is 1.76. The van der Waals surface area contributed by atoms with Crippen molar-refractivity contribution < 1.29 is 24.2 Å². The van der Waals surface area contributed by atoms with Crippen LogP contribution in [0.2, 0.25) is 0 Å². The molecular formula is C22H29ClO5. The van der Waals surface area contributed by atoms with Crippen molar-refractivity contribution in [3.05, 3.63) is 11.6 Å².